The van der Waals surface area contributed by atoms with Gasteiger partial charge in [-0.2, -0.15) is 0 Å². The maximum atomic E-state index is 14.0. The number of aromatic hydroxyl groups is 1. The van der Waals surface area contributed by atoms with Crippen LogP contribution in [0.3, 0.4) is 0 Å². The van der Waals surface area contributed by atoms with Gasteiger partial charge in [0.15, 0.2) is 17.3 Å². The Labute approximate surface area is 225 Å². The lowest BCUT2D eigenvalue weighted by Crippen LogP contribution is -2.07. The van der Waals surface area contributed by atoms with E-state index in [9.17, 15) is 9.50 Å². The Kier molecular flexibility index (Phi) is 13.4. The Bertz CT molecular complexity index is 1090. The number of hydrogen-bond donors (Lipinski definition) is 2. The minimum atomic E-state index is -0.575. The summed E-state index contributed by atoms with van der Waals surface area (Å²) in [5.74, 6) is 1.05. The Balaban J connectivity index is 0.000000263. The number of rotatable bonds is 7. The van der Waals surface area contributed by atoms with Crippen molar-refractivity contribution in [2.45, 2.75) is 78.2 Å². The van der Waals surface area contributed by atoms with E-state index < -0.39 is 5.82 Å². The number of phenolic OH excluding ortho intramolecular Hbond substituents is 1. The molecule has 3 aromatic rings. The normalized spacial score (nSPS) is 14.1. The zero-order valence-corrected chi connectivity index (χ0v) is 23.4. The molecule has 2 aromatic carbocycles. The van der Waals surface area contributed by atoms with Crippen LogP contribution in [-0.2, 0) is 4.74 Å². The molecule has 0 spiro atoms. The van der Waals surface area contributed by atoms with Gasteiger partial charge in [-0.1, -0.05) is 77.0 Å². The number of halogens is 2. The van der Waals surface area contributed by atoms with Crippen molar-refractivity contribution in [1.82, 2.24) is 9.97 Å². The fraction of sp³-hybridized carbons (Fsp3) is 0.517. The first-order valence-electron chi connectivity index (χ1n) is 13.1. The highest BCUT2D eigenvalue weighted by atomic mass is 35.5. The van der Waals surface area contributed by atoms with Gasteiger partial charge in [-0.15, -0.1) is 0 Å². The molecule has 1 aromatic heterocycles. The topological polar surface area (TPSA) is 76.5 Å². The first kappa shape index (κ1) is 30.6. The molecular weight excluding hydrogens is 493 g/mol. The molecule has 0 radical (unpaired) electrons. The number of aromatic nitrogens is 2. The predicted octanol–water partition coefficient (Wildman–Crippen LogP) is 8.68. The van der Waals surface area contributed by atoms with E-state index in [1.807, 2.05) is 0 Å². The standard InChI is InChI=1S/C15H11ClFN3O2.C7H16O.C7H14/c1-22-13-6-11-8(5-12(13)21)15(19-7-18-11)20-10-4-2-3-9(16)14(10)17;1-4-6-7(5-2)8-3;1-7-5-3-2-4-6-7/h2-7,21H,1H3,(H,18,19,20);7H,4-6H2,1-3H3;7H,2-6H2,1H3/t;7-;/m.1./s1. The Morgan fingerprint density at radius 1 is 1.14 bits per heavy atom. The number of nitrogens with one attached hydrogen (secondary N) is 1. The van der Waals surface area contributed by atoms with Crippen LogP contribution in [0.1, 0.15) is 72.1 Å². The average molecular weight is 534 g/mol. The number of fused-ring (bicyclic) bond motifs is 1. The second-order valence-electron chi connectivity index (χ2n) is 9.29. The van der Waals surface area contributed by atoms with Crippen molar-refractivity contribution in [1.29, 1.82) is 0 Å². The van der Waals surface area contributed by atoms with E-state index in [-0.39, 0.29) is 16.5 Å². The molecule has 0 unspecified atom stereocenters. The van der Waals surface area contributed by atoms with Crippen molar-refractivity contribution in [3.8, 4) is 11.5 Å². The van der Waals surface area contributed by atoms with Crippen molar-refractivity contribution in [3.63, 3.8) is 0 Å². The van der Waals surface area contributed by atoms with Crippen molar-refractivity contribution in [2.75, 3.05) is 19.5 Å². The highest BCUT2D eigenvalue weighted by Gasteiger charge is 2.12. The number of methoxy groups -OCH3 is 2. The van der Waals surface area contributed by atoms with E-state index >= 15 is 0 Å². The average Bonchev–Trinajstić information content (AvgIpc) is 2.91. The smallest absolute Gasteiger partial charge is 0.165 e. The SMILES string of the molecule is CC1CCCCC1.CCC[C@@H](CC)OC.COc1cc2ncnc(Nc3cccc(Cl)c3F)c2cc1O. The zero-order valence-electron chi connectivity index (χ0n) is 22.7. The second kappa shape index (κ2) is 16.3. The van der Waals surface area contributed by atoms with Gasteiger partial charge in [-0.3, -0.25) is 0 Å². The van der Waals surface area contributed by atoms with E-state index in [1.165, 1.54) is 70.5 Å². The van der Waals surface area contributed by atoms with Gasteiger partial charge in [0.25, 0.3) is 0 Å². The highest BCUT2D eigenvalue weighted by Crippen LogP contribution is 2.34. The number of ether oxygens (including phenoxy) is 2. The Morgan fingerprint density at radius 3 is 2.41 bits per heavy atom. The quantitative estimate of drug-likeness (QED) is 0.316. The molecule has 0 bridgehead atoms. The molecule has 2 N–H and O–H groups in total. The lowest BCUT2D eigenvalue weighted by atomic mass is 9.91. The van der Waals surface area contributed by atoms with E-state index in [1.54, 1.807) is 25.3 Å². The largest absolute Gasteiger partial charge is 0.504 e. The summed E-state index contributed by atoms with van der Waals surface area (Å²) < 4.78 is 24.2. The summed E-state index contributed by atoms with van der Waals surface area (Å²) in [4.78, 5) is 8.20. The zero-order chi connectivity index (χ0) is 27.2. The molecular formula is C29H41ClFN3O3. The Morgan fingerprint density at radius 2 is 1.86 bits per heavy atom. The second-order valence-corrected chi connectivity index (χ2v) is 9.69. The van der Waals surface area contributed by atoms with Gasteiger partial charge in [0.1, 0.15) is 12.1 Å². The van der Waals surface area contributed by atoms with Crippen LogP contribution >= 0.6 is 11.6 Å². The molecule has 4 rings (SSSR count). The third-order valence-electron chi connectivity index (χ3n) is 6.43. The number of benzene rings is 2. The molecule has 1 aliphatic carbocycles. The van der Waals surface area contributed by atoms with Crippen molar-refractivity contribution >= 4 is 34.0 Å². The highest BCUT2D eigenvalue weighted by molar-refractivity contribution is 6.31. The van der Waals surface area contributed by atoms with Crippen LogP contribution in [0.15, 0.2) is 36.7 Å². The molecule has 6 nitrogen and oxygen atoms in total. The predicted molar refractivity (Wildman–Crippen MR) is 151 cm³/mol. The molecule has 1 atom stereocenters. The number of nitrogens with zero attached hydrogens (tertiary/aromatic N) is 2. The maximum Gasteiger partial charge on any atom is 0.165 e. The lowest BCUT2D eigenvalue weighted by molar-refractivity contribution is 0.0915. The molecule has 8 heteroatoms. The minimum Gasteiger partial charge on any atom is -0.504 e. The van der Waals surface area contributed by atoms with Crippen LogP contribution in [0, 0.1) is 11.7 Å². The van der Waals surface area contributed by atoms with Crippen LogP contribution in [0.2, 0.25) is 5.02 Å². The van der Waals surface area contributed by atoms with Crippen LogP contribution in [0.5, 0.6) is 11.5 Å². The molecule has 0 amide bonds. The van der Waals surface area contributed by atoms with E-state index in [2.05, 4.69) is 36.1 Å². The molecule has 1 saturated carbocycles. The summed E-state index contributed by atoms with van der Waals surface area (Å²) in [5, 5.41) is 13.3. The summed E-state index contributed by atoms with van der Waals surface area (Å²) in [6.07, 6.45) is 12.8. The van der Waals surface area contributed by atoms with E-state index in [0.717, 1.165) is 12.3 Å². The van der Waals surface area contributed by atoms with Crippen LogP contribution < -0.4 is 10.1 Å². The third-order valence-corrected chi connectivity index (χ3v) is 6.73. The van der Waals surface area contributed by atoms with Gasteiger partial charge in [0.2, 0.25) is 0 Å². The van der Waals surface area contributed by atoms with Gasteiger partial charge in [-0.25, -0.2) is 14.4 Å². The van der Waals surface area contributed by atoms with Crippen molar-refractivity contribution in [3.05, 3.63) is 47.5 Å². The molecule has 1 heterocycles. The molecule has 204 valence electrons. The monoisotopic (exact) mass is 533 g/mol. The molecule has 1 aliphatic rings. The van der Waals surface area contributed by atoms with Crippen molar-refractivity contribution < 1.29 is 19.0 Å². The van der Waals surface area contributed by atoms with E-state index in [4.69, 9.17) is 21.1 Å². The lowest BCUT2D eigenvalue weighted by Gasteiger charge is -2.15. The third kappa shape index (κ3) is 9.63. The van der Waals surface area contributed by atoms with Gasteiger partial charge in [-0.05, 0) is 37.0 Å². The summed E-state index contributed by atoms with van der Waals surface area (Å²) in [7, 11) is 3.23. The van der Waals surface area contributed by atoms with Crippen LogP contribution in [0.4, 0.5) is 15.9 Å². The van der Waals surface area contributed by atoms with E-state index in [0.29, 0.717) is 28.6 Å². The molecule has 37 heavy (non-hydrogen) atoms. The molecule has 0 aliphatic heterocycles. The first-order valence-corrected chi connectivity index (χ1v) is 13.5. The van der Waals surface area contributed by atoms with Gasteiger partial charge >= 0.3 is 0 Å². The Hall–Kier alpha value is -2.64. The molecule has 1 fully saturated rings. The number of anilines is 2. The number of hydrogen-bond acceptors (Lipinski definition) is 6. The summed E-state index contributed by atoms with van der Waals surface area (Å²) in [6, 6.07) is 7.65. The maximum absolute atomic E-state index is 14.0. The summed E-state index contributed by atoms with van der Waals surface area (Å²) in [5.41, 5.74) is 0.734. The molecule has 0 saturated heterocycles. The fourth-order valence-electron chi connectivity index (χ4n) is 4.18. The van der Waals surface area contributed by atoms with Gasteiger partial charge < -0.3 is 19.9 Å². The van der Waals surface area contributed by atoms with Crippen molar-refractivity contribution in [2.24, 2.45) is 5.92 Å². The summed E-state index contributed by atoms with van der Waals surface area (Å²) in [6.45, 7) is 6.70. The van der Waals surface area contributed by atoms with Crippen LogP contribution in [0.25, 0.3) is 10.9 Å². The summed E-state index contributed by atoms with van der Waals surface area (Å²) >= 11 is 5.76. The first-order chi connectivity index (χ1) is 17.8. The fourth-order valence-corrected chi connectivity index (χ4v) is 4.36. The minimum absolute atomic E-state index is 0.00729. The number of phenols is 1. The van der Waals surface area contributed by atoms with Gasteiger partial charge in [0.05, 0.1) is 29.4 Å². The van der Waals surface area contributed by atoms with Gasteiger partial charge in [0, 0.05) is 18.6 Å². The van der Waals surface area contributed by atoms with Crippen LogP contribution in [-0.4, -0.2) is 35.4 Å².